The third kappa shape index (κ3) is 3.89. The molecule has 1 aromatic carbocycles. The molecular formula is C13H20ClIN4. The lowest BCUT2D eigenvalue weighted by Gasteiger charge is -2.37. The number of rotatable bonds is 1. The van der Waals surface area contributed by atoms with Crippen LogP contribution in [0.4, 0.5) is 5.69 Å². The van der Waals surface area contributed by atoms with Crippen LogP contribution in [0, 0.1) is 0 Å². The average Bonchev–Trinajstić information content (AvgIpc) is 2.42. The van der Waals surface area contributed by atoms with Crippen LogP contribution in [0.15, 0.2) is 29.3 Å². The number of halogens is 2. The summed E-state index contributed by atoms with van der Waals surface area (Å²) in [4.78, 5) is 8.81. The molecule has 6 heteroatoms. The topological polar surface area (TPSA) is 30.9 Å². The number of piperazine rings is 1. The maximum absolute atomic E-state index is 6.22. The van der Waals surface area contributed by atoms with Crippen molar-refractivity contribution in [2.24, 2.45) is 4.99 Å². The molecule has 0 amide bonds. The maximum atomic E-state index is 6.22. The molecule has 0 bridgehead atoms. The molecule has 0 aromatic heterocycles. The van der Waals surface area contributed by atoms with E-state index in [0.29, 0.717) is 0 Å². The summed E-state index contributed by atoms with van der Waals surface area (Å²) in [5, 5.41) is 3.94. The van der Waals surface area contributed by atoms with Crippen LogP contribution in [0.1, 0.15) is 0 Å². The van der Waals surface area contributed by atoms with Crippen LogP contribution in [0.25, 0.3) is 0 Å². The Balaban J connectivity index is 0.00000180. The van der Waals surface area contributed by atoms with E-state index in [0.717, 1.165) is 42.8 Å². The number of benzene rings is 1. The molecule has 4 nitrogen and oxygen atoms in total. The molecule has 1 aromatic rings. The number of nitrogens with one attached hydrogen (secondary N) is 1. The molecule has 106 valence electrons. The van der Waals surface area contributed by atoms with Gasteiger partial charge in [0.2, 0.25) is 0 Å². The Bertz CT molecular complexity index is 430. The third-order valence-corrected chi connectivity index (χ3v) is 3.53. The fraction of sp³-hybridized carbons (Fsp3) is 0.462. The van der Waals surface area contributed by atoms with Gasteiger partial charge in [-0.25, -0.2) is 0 Å². The van der Waals surface area contributed by atoms with Gasteiger partial charge in [0, 0.05) is 40.3 Å². The minimum atomic E-state index is 0. The lowest BCUT2D eigenvalue weighted by Crippen LogP contribution is -2.52. The lowest BCUT2D eigenvalue weighted by molar-refractivity contribution is 0.375. The van der Waals surface area contributed by atoms with Crippen molar-refractivity contribution in [1.82, 2.24) is 10.2 Å². The summed E-state index contributed by atoms with van der Waals surface area (Å²) in [5.74, 6) is 0.953. The van der Waals surface area contributed by atoms with Crippen LogP contribution in [0.5, 0.6) is 0 Å². The number of hydrogen-bond acceptors (Lipinski definition) is 2. The molecule has 0 spiro atoms. The molecule has 0 unspecified atom stereocenters. The summed E-state index contributed by atoms with van der Waals surface area (Å²) in [7, 11) is 3.72. The van der Waals surface area contributed by atoms with Gasteiger partial charge in [-0.05, 0) is 12.1 Å². The Kier molecular flexibility index (Phi) is 6.71. The van der Waals surface area contributed by atoms with Crippen molar-refractivity contribution in [3.8, 4) is 0 Å². The van der Waals surface area contributed by atoms with Crippen molar-refractivity contribution < 1.29 is 0 Å². The van der Waals surface area contributed by atoms with E-state index < -0.39 is 0 Å². The molecular weight excluding hydrogens is 375 g/mol. The largest absolute Gasteiger partial charge is 0.367 e. The zero-order chi connectivity index (χ0) is 13.0. The minimum absolute atomic E-state index is 0. The number of anilines is 1. The molecule has 1 saturated heterocycles. The van der Waals surface area contributed by atoms with E-state index in [2.05, 4.69) is 26.2 Å². The van der Waals surface area contributed by atoms with Gasteiger partial charge in [-0.1, -0.05) is 23.7 Å². The zero-order valence-electron chi connectivity index (χ0n) is 11.3. The van der Waals surface area contributed by atoms with Gasteiger partial charge < -0.3 is 15.1 Å². The fourth-order valence-corrected chi connectivity index (χ4v) is 2.53. The number of nitrogens with zero attached hydrogens (tertiary/aromatic N) is 3. The van der Waals surface area contributed by atoms with Gasteiger partial charge in [0.05, 0.1) is 10.7 Å². The first-order valence-corrected chi connectivity index (χ1v) is 6.53. The molecule has 2 rings (SSSR count). The van der Waals surface area contributed by atoms with Gasteiger partial charge in [0.25, 0.3) is 0 Å². The van der Waals surface area contributed by atoms with Gasteiger partial charge in [-0.3, -0.25) is 4.99 Å². The second-order valence-electron chi connectivity index (χ2n) is 4.22. The Morgan fingerprint density at radius 2 is 1.84 bits per heavy atom. The van der Waals surface area contributed by atoms with Crippen LogP contribution >= 0.6 is 35.6 Å². The Morgan fingerprint density at radius 1 is 1.21 bits per heavy atom. The van der Waals surface area contributed by atoms with Crippen LogP contribution < -0.4 is 10.2 Å². The molecule has 1 aliphatic rings. The second-order valence-corrected chi connectivity index (χ2v) is 4.63. The van der Waals surface area contributed by atoms with Gasteiger partial charge >= 0.3 is 0 Å². The predicted octanol–water partition coefficient (Wildman–Crippen LogP) is 2.29. The van der Waals surface area contributed by atoms with E-state index in [1.165, 1.54) is 0 Å². The van der Waals surface area contributed by atoms with Gasteiger partial charge in [-0.2, -0.15) is 0 Å². The van der Waals surface area contributed by atoms with Gasteiger partial charge in [0.15, 0.2) is 5.96 Å². The number of aliphatic imine (C=N–C) groups is 1. The summed E-state index contributed by atoms with van der Waals surface area (Å²) in [6, 6.07) is 8.01. The van der Waals surface area contributed by atoms with Crippen molar-refractivity contribution in [3.63, 3.8) is 0 Å². The quantitative estimate of drug-likeness (QED) is 0.450. The van der Waals surface area contributed by atoms with Crippen molar-refractivity contribution in [1.29, 1.82) is 0 Å². The van der Waals surface area contributed by atoms with Gasteiger partial charge in [0.1, 0.15) is 0 Å². The minimum Gasteiger partial charge on any atom is -0.367 e. The zero-order valence-corrected chi connectivity index (χ0v) is 14.4. The fourth-order valence-electron chi connectivity index (χ4n) is 2.28. The normalized spacial score (nSPS) is 16.1. The predicted molar refractivity (Wildman–Crippen MR) is 93.1 cm³/mol. The van der Waals surface area contributed by atoms with Crippen molar-refractivity contribution in [3.05, 3.63) is 29.3 Å². The standard InChI is InChI=1S/C13H19ClN4.HI/c1-15-13(16-2)18-9-7-17(8-10-18)12-6-4-3-5-11(12)14;/h3-6H,7-10H2,1-2H3,(H,15,16);1H. The van der Waals surface area contributed by atoms with Crippen molar-refractivity contribution in [2.45, 2.75) is 0 Å². The number of para-hydroxylation sites is 1. The van der Waals surface area contributed by atoms with Gasteiger partial charge in [-0.15, -0.1) is 24.0 Å². The van der Waals surface area contributed by atoms with Crippen LogP contribution in [0.3, 0.4) is 0 Å². The van der Waals surface area contributed by atoms with Crippen LogP contribution in [-0.4, -0.2) is 51.1 Å². The SMILES string of the molecule is CN=C(NC)N1CCN(c2ccccc2Cl)CC1.I. The Labute approximate surface area is 136 Å². The molecule has 0 radical (unpaired) electrons. The molecule has 1 heterocycles. The van der Waals surface area contributed by atoms with E-state index in [-0.39, 0.29) is 24.0 Å². The van der Waals surface area contributed by atoms with E-state index in [1.54, 1.807) is 0 Å². The molecule has 1 aliphatic heterocycles. The summed E-state index contributed by atoms with van der Waals surface area (Å²) < 4.78 is 0. The maximum Gasteiger partial charge on any atom is 0.193 e. The van der Waals surface area contributed by atoms with E-state index >= 15 is 0 Å². The first-order valence-electron chi connectivity index (χ1n) is 6.15. The Morgan fingerprint density at radius 3 is 2.37 bits per heavy atom. The third-order valence-electron chi connectivity index (χ3n) is 3.21. The average molecular weight is 395 g/mol. The lowest BCUT2D eigenvalue weighted by atomic mass is 10.2. The highest BCUT2D eigenvalue weighted by molar-refractivity contribution is 14.0. The second kappa shape index (κ2) is 7.79. The highest BCUT2D eigenvalue weighted by Crippen LogP contribution is 2.25. The monoisotopic (exact) mass is 394 g/mol. The highest BCUT2D eigenvalue weighted by Gasteiger charge is 2.20. The molecule has 1 fully saturated rings. The van der Waals surface area contributed by atoms with Crippen LogP contribution in [0.2, 0.25) is 5.02 Å². The molecule has 0 atom stereocenters. The molecule has 19 heavy (non-hydrogen) atoms. The van der Waals surface area contributed by atoms with E-state index in [1.807, 2.05) is 32.3 Å². The Hall–Kier alpha value is -0.690. The molecule has 1 N–H and O–H groups in total. The highest BCUT2D eigenvalue weighted by atomic mass is 127. The first-order chi connectivity index (χ1) is 8.76. The van der Waals surface area contributed by atoms with E-state index in [4.69, 9.17) is 11.6 Å². The van der Waals surface area contributed by atoms with Crippen molar-refractivity contribution >= 4 is 47.2 Å². The smallest absolute Gasteiger partial charge is 0.193 e. The summed E-state index contributed by atoms with van der Waals surface area (Å²) >= 11 is 6.22. The molecule has 0 aliphatic carbocycles. The van der Waals surface area contributed by atoms with Crippen LogP contribution in [-0.2, 0) is 0 Å². The number of hydrogen-bond donors (Lipinski definition) is 1. The summed E-state index contributed by atoms with van der Waals surface area (Å²) in [6.45, 7) is 3.84. The number of guanidine groups is 1. The first kappa shape index (κ1) is 16.4. The van der Waals surface area contributed by atoms with E-state index in [9.17, 15) is 0 Å². The summed E-state index contributed by atoms with van der Waals surface area (Å²) in [6.07, 6.45) is 0. The van der Waals surface area contributed by atoms with Crippen molar-refractivity contribution in [2.75, 3.05) is 45.2 Å². The molecule has 0 saturated carbocycles. The summed E-state index contributed by atoms with van der Waals surface area (Å²) in [5.41, 5.74) is 1.12.